The zero-order valence-corrected chi connectivity index (χ0v) is 12.0. The summed E-state index contributed by atoms with van der Waals surface area (Å²) < 4.78 is 26.7. The minimum Gasteiger partial charge on any atom is -0.211 e. The van der Waals surface area contributed by atoms with Crippen LogP contribution < -0.4 is 4.72 Å². The molecular weight excluding hydrogens is 246 g/mol. The Bertz CT molecular complexity index is 428. The largest absolute Gasteiger partial charge is 0.240 e. The van der Waals surface area contributed by atoms with E-state index in [4.69, 9.17) is 0 Å². The van der Waals surface area contributed by atoms with E-state index in [0.29, 0.717) is 17.4 Å². The van der Waals surface area contributed by atoms with E-state index in [1.165, 1.54) is 0 Å². The average molecular weight is 269 g/mol. The number of rotatable bonds is 8. The fourth-order valence-electron chi connectivity index (χ4n) is 1.85. The van der Waals surface area contributed by atoms with E-state index in [2.05, 4.69) is 18.6 Å². The van der Waals surface area contributed by atoms with E-state index in [1.54, 1.807) is 24.3 Å². The van der Waals surface area contributed by atoms with Gasteiger partial charge in [0.15, 0.2) is 0 Å². The molecule has 102 valence electrons. The maximum absolute atomic E-state index is 12.0. The molecule has 0 aliphatic rings. The summed E-state index contributed by atoms with van der Waals surface area (Å²) in [5.74, 6) is 0.434. The second-order valence-electron chi connectivity index (χ2n) is 4.58. The van der Waals surface area contributed by atoms with E-state index in [-0.39, 0.29) is 0 Å². The number of sulfonamides is 1. The number of hydrogen-bond acceptors (Lipinski definition) is 2. The van der Waals surface area contributed by atoms with Gasteiger partial charge in [0.2, 0.25) is 10.0 Å². The van der Waals surface area contributed by atoms with Crippen molar-refractivity contribution in [2.75, 3.05) is 6.54 Å². The van der Waals surface area contributed by atoms with E-state index in [1.807, 2.05) is 6.07 Å². The molecule has 3 nitrogen and oxygen atoms in total. The first-order valence-electron chi connectivity index (χ1n) is 6.64. The lowest BCUT2D eigenvalue weighted by atomic mass is 10.00. The third kappa shape index (κ3) is 4.78. The Kier molecular flexibility index (Phi) is 6.36. The first-order chi connectivity index (χ1) is 8.60. The molecule has 0 heterocycles. The fourth-order valence-corrected chi connectivity index (χ4v) is 2.99. The number of hydrogen-bond donors (Lipinski definition) is 1. The van der Waals surface area contributed by atoms with Crippen LogP contribution in [0.1, 0.15) is 39.5 Å². The van der Waals surface area contributed by atoms with Crippen LogP contribution in [0.3, 0.4) is 0 Å². The minimum absolute atomic E-state index is 0.343. The molecule has 1 aromatic rings. The first-order valence-corrected chi connectivity index (χ1v) is 8.13. The third-order valence-electron chi connectivity index (χ3n) is 3.16. The normalized spacial score (nSPS) is 13.4. The van der Waals surface area contributed by atoms with Gasteiger partial charge < -0.3 is 0 Å². The molecule has 4 heteroatoms. The molecule has 0 spiro atoms. The van der Waals surface area contributed by atoms with Crippen molar-refractivity contribution in [3.8, 4) is 0 Å². The molecule has 0 unspecified atom stereocenters. The zero-order valence-electron chi connectivity index (χ0n) is 11.2. The monoisotopic (exact) mass is 269 g/mol. The first kappa shape index (κ1) is 15.2. The Labute approximate surface area is 111 Å². The molecule has 0 saturated carbocycles. The van der Waals surface area contributed by atoms with Crippen LogP contribution in [0.25, 0.3) is 0 Å². The van der Waals surface area contributed by atoms with Gasteiger partial charge in [0.25, 0.3) is 0 Å². The highest BCUT2D eigenvalue weighted by Gasteiger charge is 2.15. The summed E-state index contributed by atoms with van der Waals surface area (Å²) >= 11 is 0. The molecule has 1 aromatic carbocycles. The van der Waals surface area contributed by atoms with E-state index in [0.717, 1.165) is 25.7 Å². The molecule has 0 fully saturated rings. The lowest BCUT2D eigenvalue weighted by Crippen LogP contribution is -2.29. The lowest BCUT2D eigenvalue weighted by Gasteiger charge is -2.15. The Morgan fingerprint density at radius 3 is 2.39 bits per heavy atom. The van der Waals surface area contributed by atoms with E-state index >= 15 is 0 Å². The predicted octanol–water partition coefficient (Wildman–Crippen LogP) is 3.18. The van der Waals surface area contributed by atoms with Gasteiger partial charge in [-0.05, 0) is 24.5 Å². The van der Waals surface area contributed by atoms with Crippen molar-refractivity contribution >= 4 is 10.0 Å². The molecule has 18 heavy (non-hydrogen) atoms. The Morgan fingerprint density at radius 2 is 1.83 bits per heavy atom. The minimum atomic E-state index is -3.34. The van der Waals surface area contributed by atoms with Crippen LogP contribution in [0, 0.1) is 5.92 Å². The van der Waals surface area contributed by atoms with Gasteiger partial charge in [0.05, 0.1) is 4.90 Å². The average Bonchev–Trinajstić information content (AvgIpc) is 2.40. The van der Waals surface area contributed by atoms with Gasteiger partial charge in [-0.25, -0.2) is 13.1 Å². The molecule has 0 radical (unpaired) electrons. The van der Waals surface area contributed by atoms with Crippen molar-refractivity contribution in [1.82, 2.24) is 4.72 Å². The van der Waals surface area contributed by atoms with Crippen LogP contribution in [0.4, 0.5) is 0 Å². The van der Waals surface area contributed by atoms with E-state index in [9.17, 15) is 8.42 Å². The molecule has 1 rings (SSSR count). The summed E-state index contributed by atoms with van der Waals surface area (Å²) in [6, 6.07) is 8.53. The number of unbranched alkanes of at least 4 members (excludes halogenated alkanes) is 1. The van der Waals surface area contributed by atoms with Gasteiger partial charge >= 0.3 is 0 Å². The molecule has 0 amide bonds. The quantitative estimate of drug-likeness (QED) is 0.788. The van der Waals surface area contributed by atoms with Crippen LogP contribution >= 0.6 is 0 Å². The topological polar surface area (TPSA) is 46.2 Å². The van der Waals surface area contributed by atoms with Gasteiger partial charge in [-0.15, -0.1) is 0 Å². The summed E-state index contributed by atoms with van der Waals surface area (Å²) in [5, 5.41) is 0. The van der Waals surface area contributed by atoms with Gasteiger partial charge in [-0.2, -0.15) is 0 Å². The smallest absolute Gasteiger partial charge is 0.211 e. The molecule has 0 aliphatic carbocycles. The van der Waals surface area contributed by atoms with Crippen molar-refractivity contribution in [2.24, 2.45) is 5.92 Å². The van der Waals surface area contributed by atoms with Crippen molar-refractivity contribution in [2.45, 2.75) is 44.4 Å². The lowest BCUT2D eigenvalue weighted by molar-refractivity contribution is 0.444. The molecule has 0 bridgehead atoms. The highest BCUT2D eigenvalue weighted by atomic mass is 32.2. The maximum Gasteiger partial charge on any atom is 0.240 e. The summed E-state index contributed by atoms with van der Waals surface area (Å²) in [7, 11) is -3.34. The van der Waals surface area contributed by atoms with Crippen LogP contribution in [-0.2, 0) is 10.0 Å². The molecule has 1 atom stereocenters. The van der Waals surface area contributed by atoms with Crippen molar-refractivity contribution < 1.29 is 8.42 Å². The second-order valence-corrected chi connectivity index (χ2v) is 6.35. The van der Waals surface area contributed by atoms with Gasteiger partial charge in [-0.1, -0.05) is 51.3 Å². The van der Waals surface area contributed by atoms with Crippen LogP contribution in [0.5, 0.6) is 0 Å². The van der Waals surface area contributed by atoms with Crippen LogP contribution in [0.15, 0.2) is 35.2 Å². The Morgan fingerprint density at radius 1 is 1.17 bits per heavy atom. The van der Waals surface area contributed by atoms with Crippen molar-refractivity contribution in [1.29, 1.82) is 0 Å². The third-order valence-corrected chi connectivity index (χ3v) is 4.60. The molecule has 0 saturated heterocycles. The predicted molar refractivity (Wildman–Crippen MR) is 74.9 cm³/mol. The summed E-state index contributed by atoms with van der Waals surface area (Å²) in [6.45, 7) is 4.80. The standard InChI is InChI=1S/C14H23NO2S/c1-3-5-9-13(4-2)12-15-18(16,17)14-10-7-6-8-11-14/h6-8,10-11,13,15H,3-5,9,12H2,1-2H3/t13-/m0/s1. The highest BCUT2D eigenvalue weighted by molar-refractivity contribution is 7.89. The van der Waals surface area contributed by atoms with Gasteiger partial charge in [0, 0.05) is 6.54 Å². The molecule has 0 aromatic heterocycles. The summed E-state index contributed by atoms with van der Waals surface area (Å²) in [4.78, 5) is 0.343. The zero-order chi connectivity index (χ0) is 13.4. The van der Waals surface area contributed by atoms with Crippen LogP contribution in [0.2, 0.25) is 0 Å². The SMILES string of the molecule is CCCC[C@H](CC)CNS(=O)(=O)c1ccccc1. The highest BCUT2D eigenvalue weighted by Crippen LogP contribution is 2.13. The number of nitrogens with one attached hydrogen (secondary N) is 1. The van der Waals surface area contributed by atoms with Crippen molar-refractivity contribution in [3.63, 3.8) is 0 Å². The fraction of sp³-hybridized carbons (Fsp3) is 0.571. The van der Waals surface area contributed by atoms with Gasteiger partial charge in [-0.3, -0.25) is 0 Å². The summed E-state index contributed by atoms with van der Waals surface area (Å²) in [6.07, 6.45) is 4.41. The Hall–Kier alpha value is -0.870. The second kappa shape index (κ2) is 7.54. The van der Waals surface area contributed by atoms with Crippen LogP contribution in [-0.4, -0.2) is 15.0 Å². The molecular formula is C14H23NO2S. The molecule has 1 N–H and O–H groups in total. The molecule has 0 aliphatic heterocycles. The van der Waals surface area contributed by atoms with Crippen molar-refractivity contribution in [3.05, 3.63) is 30.3 Å². The summed E-state index contributed by atoms with van der Waals surface area (Å²) in [5.41, 5.74) is 0. The van der Waals surface area contributed by atoms with Gasteiger partial charge in [0.1, 0.15) is 0 Å². The maximum atomic E-state index is 12.0. The van der Waals surface area contributed by atoms with E-state index < -0.39 is 10.0 Å². The Balaban J connectivity index is 2.56. The number of benzene rings is 1.